The Morgan fingerprint density at radius 3 is 3.00 bits per heavy atom. The number of fused-ring (bicyclic) bond motifs is 1. The second-order valence-electron chi connectivity index (χ2n) is 4.95. The van der Waals surface area contributed by atoms with Gasteiger partial charge in [-0.1, -0.05) is 6.07 Å². The van der Waals surface area contributed by atoms with E-state index in [2.05, 4.69) is 10.2 Å². The number of rotatable bonds is 3. The summed E-state index contributed by atoms with van der Waals surface area (Å²) in [4.78, 5) is 2.33. The van der Waals surface area contributed by atoms with E-state index >= 15 is 0 Å². The molecule has 0 aliphatic carbocycles. The Kier molecular flexibility index (Phi) is 3.87. The molecule has 0 bridgehead atoms. The van der Waals surface area contributed by atoms with Gasteiger partial charge in [0.15, 0.2) is 11.5 Å². The van der Waals surface area contributed by atoms with E-state index in [1.54, 1.807) is 0 Å². The summed E-state index contributed by atoms with van der Waals surface area (Å²) in [6.07, 6.45) is 1.11. The Bertz CT molecular complexity index is 431. The fourth-order valence-corrected chi connectivity index (χ4v) is 2.73. The summed E-state index contributed by atoms with van der Waals surface area (Å²) in [6, 6.07) is 5.97. The van der Waals surface area contributed by atoms with Crippen molar-refractivity contribution in [1.82, 2.24) is 10.2 Å². The van der Waals surface area contributed by atoms with E-state index in [0.29, 0.717) is 0 Å². The first-order valence-electron chi connectivity index (χ1n) is 6.83. The van der Waals surface area contributed by atoms with Gasteiger partial charge >= 0.3 is 0 Å². The molecule has 3 rings (SSSR count). The van der Waals surface area contributed by atoms with Crippen LogP contribution in [0.1, 0.15) is 18.0 Å². The average Bonchev–Trinajstić information content (AvgIpc) is 2.74. The maximum absolute atomic E-state index is 9.74. The van der Waals surface area contributed by atoms with Crippen molar-refractivity contribution in [3.8, 4) is 11.5 Å². The molecule has 5 heteroatoms. The summed E-state index contributed by atoms with van der Waals surface area (Å²) in [5.74, 6) is 1.57. The van der Waals surface area contributed by atoms with Crippen molar-refractivity contribution in [3.63, 3.8) is 0 Å². The third-order valence-electron chi connectivity index (χ3n) is 3.77. The van der Waals surface area contributed by atoms with Gasteiger partial charge in [-0.25, -0.2) is 0 Å². The van der Waals surface area contributed by atoms with E-state index < -0.39 is 0 Å². The first-order valence-corrected chi connectivity index (χ1v) is 6.83. The molecule has 2 aliphatic rings. The van der Waals surface area contributed by atoms with Crippen molar-refractivity contribution < 1.29 is 14.6 Å². The third-order valence-corrected chi connectivity index (χ3v) is 3.77. The van der Waals surface area contributed by atoms with Crippen LogP contribution in [0, 0.1) is 0 Å². The Morgan fingerprint density at radius 1 is 1.21 bits per heavy atom. The van der Waals surface area contributed by atoms with Crippen molar-refractivity contribution in [3.05, 3.63) is 23.8 Å². The van der Waals surface area contributed by atoms with Gasteiger partial charge in [0.05, 0.1) is 12.6 Å². The maximum atomic E-state index is 9.74. The lowest BCUT2D eigenvalue weighted by molar-refractivity contribution is 0.129. The zero-order chi connectivity index (χ0) is 13.1. The highest BCUT2D eigenvalue weighted by atomic mass is 16.7. The van der Waals surface area contributed by atoms with Gasteiger partial charge in [-0.3, -0.25) is 4.90 Å². The molecule has 1 aromatic rings. The lowest BCUT2D eigenvalue weighted by Crippen LogP contribution is -2.34. The van der Waals surface area contributed by atoms with Gasteiger partial charge in [-0.2, -0.15) is 0 Å². The number of hydrogen-bond donors (Lipinski definition) is 2. The second kappa shape index (κ2) is 5.77. The Hall–Kier alpha value is -1.30. The van der Waals surface area contributed by atoms with Crippen LogP contribution < -0.4 is 14.8 Å². The smallest absolute Gasteiger partial charge is 0.231 e. The molecule has 1 saturated heterocycles. The summed E-state index contributed by atoms with van der Waals surface area (Å²) < 4.78 is 10.7. The maximum Gasteiger partial charge on any atom is 0.231 e. The molecular weight excluding hydrogens is 244 g/mol. The lowest BCUT2D eigenvalue weighted by atomic mass is 10.0. The number of hydrogen-bond acceptors (Lipinski definition) is 5. The van der Waals surface area contributed by atoms with Gasteiger partial charge in [0, 0.05) is 19.6 Å². The number of aliphatic hydroxyl groups is 1. The molecule has 1 aromatic carbocycles. The average molecular weight is 264 g/mol. The highest BCUT2D eigenvalue weighted by Gasteiger charge is 2.23. The topological polar surface area (TPSA) is 54.0 Å². The third kappa shape index (κ3) is 2.68. The van der Waals surface area contributed by atoms with Gasteiger partial charge in [0.2, 0.25) is 6.79 Å². The van der Waals surface area contributed by atoms with Crippen molar-refractivity contribution in [1.29, 1.82) is 0 Å². The molecule has 104 valence electrons. The SMILES string of the molecule is OCC(c1ccc2c(c1)OCO2)N1CCCNCC1. The molecular formula is C14H20N2O3. The first-order chi connectivity index (χ1) is 9.38. The zero-order valence-corrected chi connectivity index (χ0v) is 11.0. The fourth-order valence-electron chi connectivity index (χ4n) is 2.73. The molecule has 0 saturated carbocycles. The standard InChI is InChI=1S/C14H20N2O3/c17-9-12(16-6-1-4-15-5-7-16)11-2-3-13-14(8-11)19-10-18-13/h2-3,8,12,15,17H,1,4-7,9-10H2. The van der Waals surface area contributed by atoms with E-state index in [4.69, 9.17) is 9.47 Å². The molecule has 1 fully saturated rings. The molecule has 2 aliphatic heterocycles. The molecule has 5 nitrogen and oxygen atoms in total. The van der Waals surface area contributed by atoms with Crippen LogP contribution >= 0.6 is 0 Å². The minimum absolute atomic E-state index is 0.0365. The van der Waals surface area contributed by atoms with Crippen LogP contribution in [0.25, 0.3) is 0 Å². The van der Waals surface area contributed by atoms with Crippen molar-refractivity contribution in [2.45, 2.75) is 12.5 Å². The van der Waals surface area contributed by atoms with Gasteiger partial charge in [-0.05, 0) is 30.7 Å². The van der Waals surface area contributed by atoms with Gasteiger partial charge in [0.1, 0.15) is 0 Å². The number of nitrogens with one attached hydrogen (secondary N) is 1. The molecule has 19 heavy (non-hydrogen) atoms. The van der Waals surface area contributed by atoms with Gasteiger partial charge < -0.3 is 19.9 Å². The Labute approximate surface area is 113 Å². The van der Waals surface area contributed by atoms with Crippen LogP contribution in [0.15, 0.2) is 18.2 Å². The summed E-state index contributed by atoms with van der Waals surface area (Å²) in [5, 5.41) is 13.1. The number of nitrogens with zero attached hydrogens (tertiary/aromatic N) is 1. The van der Waals surface area contributed by atoms with Crippen molar-refractivity contribution in [2.75, 3.05) is 39.6 Å². The minimum atomic E-state index is 0.0365. The van der Waals surface area contributed by atoms with Crippen LogP contribution in [0.3, 0.4) is 0 Å². The molecule has 1 unspecified atom stereocenters. The number of ether oxygens (including phenoxy) is 2. The largest absolute Gasteiger partial charge is 0.454 e. The lowest BCUT2D eigenvalue weighted by Gasteiger charge is -2.29. The quantitative estimate of drug-likeness (QED) is 0.843. The summed E-state index contributed by atoms with van der Waals surface area (Å²) >= 11 is 0. The Morgan fingerprint density at radius 2 is 2.11 bits per heavy atom. The minimum Gasteiger partial charge on any atom is -0.454 e. The van der Waals surface area contributed by atoms with E-state index in [-0.39, 0.29) is 19.4 Å². The van der Waals surface area contributed by atoms with Gasteiger partial charge in [0.25, 0.3) is 0 Å². The molecule has 0 spiro atoms. The number of benzene rings is 1. The Balaban J connectivity index is 1.80. The van der Waals surface area contributed by atoms with Gasteiger partial charge in [-0.15, -0.1) is 0 Å². The van der Waals surface area contributed by atoms with Crippen LogP contribution in [-0.2, 0) is 0 Å². The van der Waals surface area contributed by atoms with E-state index in [1.165, 1.54) is 0 Å². The van der Waals surface area contributed by atoms with Crippen LogP contribution in [-0.4, -0.2) is 49.6 Å². The monoisotopic (exact) mass is 264 g/mol. The van der Waals surface area contributed by atoms with Crippen LogP contribution in [0.4, 0.5) is 0 Å². The summed E-state index contributed by atoms with van der Waals surface area (Å²) in [6.45, 7) is 4.40. The first kappa shape index (κ1) is 12.7. The molecule has 2 heterocycles. The zero-order valence-electron chi connectivity index (χ0n) is 11.0. The van der Waals surface area contributed by atoms with Crippen LogP contribution in [0.2, 0.25) is 0 Å². The van der Waals surface area contributed by atoms with E-state index in [9.17, 15) is 5.11 Å². The van der Waals surface area contributed by atoms with Crippen molar-refractivity contribution in [2.24, 2.45) is 0 Å². The fraction of sp³-hybridized carbons (Fsp3) is 0.571. The van der Waals surface area contributed by atoms with Crippen LogP contribution in [0.5, 0.6) is 11.5 Å². The molecule has 0 amide bonds. The molecule has 2 N–H and O–H groups in total. The highest BCUT2D eigenvalue weighted by molar-refractivity contribution is 5.45. The molecule has 1 atom stereocenters. The summed E-state index contributed by atoms with van der Waals surface area (Å²) in [5.41, 5.74) is 1.09. The van der Waals surface area contributed by atoms with E-state index in [1.807, 2.05) is 18.2 Å². The normalized spacial score (nSPS) is 21.1. The molecule has 0 aromatic heterocycles. The summed E-state index contributed by atoms with van der Waals surface area (Å²) in [7, 11) is 0. The highest BCUT2D eigenvalue weighted by Crippen LogP contribution is 2.35. The van der Waals surface area contributed by atoms with Crippen molar-refractivity contribution >= 4 is 0 Å². The predicted molar refractivity (Wildman–Crippen MR) is 71.5 cm³/mol. The second-order valence-corrected chi connectivity index (χ2v) is 4.95. The van der Waals surface area contributed by atoms with E-state index in [0.717, 1.165) is 49.7 Å². The number of aliphatic hydroxyl groups excluding tert-OH is 1. The predicted octanol–water partition coefficient (Wildman–Crippen LogP) is 0.744. The molecule has 0 radical (unpaired) electrons.